The first-order valence-corrected chi connectivity index (χ1v) is 12.4. The maximum atomic E-state index is 14.1. The zero-order valence-electron chi connectivity index (χ0n) is 19.4. The first-order valence-electron chi connectivity index (χ1n) is 12.4. The summed E-state index contributed by atoms with van der Waals surface area (Å²) in [5, 5.41) is 7.28. The van der Waals surface area contributed by atoms with Gasteiger partial charge in [0.15, 0.2) is 11.6 Å². The first-order chi connectivity index (χ1) is 15.5. The number of ketones is 2. The number of fused-ring (bicyclic) bond motifs is 2. The van der Waals surface area contributed by atoms with E-state index in [1.54, 1.807) is 0 Å². The molecule has 3 aliphatic rings. The molecule has 0 radical (unpaired) electrons. The van der Waals surface area contributed by atoms with Crippen molar-refractivity contribution >= 4 is 22.9 Å². The van der Waals surface area contributed by atoms with Crippen LogP contribution >= 0.6 is 0 Å². The van der Waals surface area contributed by atoms with Gasteiger partial charge in [0, 0.05) is 34.6 Å². The zero-order valence-corrected chi connectivity index (χ0v) is 19.4. The minimum absolute atomic E-state index is 0.0100. The summed E-state index contributed by atoms with van der Waals surface area (Å²) in [6.45, 7) is 3.89. The number of anilines is 2. The van der Waals surface area contributed by atoms with Crippen molar-refractivity contribution in [2.75, 3.05) is 10.6 Å². The van der Waals surface area contributed by atoms with E-state index in [0.29, 0.717) is 34.3 Å². The van der Waals surface area contributed by atoms with Gasteiger partial charge >= 0.3 is 0 Å². The van der Waals surface area contributed by atoms with Gasteiger partial charge in [-0.2, -0.15) is 0 Å². The van der Waals surface area contributed by atoms with Crippen LogP contribution in [-0.2, 0) is 0 Å². The second-order valence-corrected chi connectivity index (χ2v) is 9.98. The number of nitrogens with one attached hydrogen (secondary N) is 2. The van der Waals surface area contributed by atoms with Gasteiger partial charge in [0.2, 0.25) is 0 Å². The summed E-state index contributed by atoms with van der Waals surface area (Å²) in [4.78, 5) is 27.8. The number of hydrogen-bond donors (Lipinski definition) is 2. The van der Waals surface area contributed by atoms with E-state index >= 15 is 0 Å². The molecule has 2 aromatic carbocycles. The predicted molar refractivity (Wildman–Crippen MR) is 130 cm³/mol. The highest BCUT2D eigenvalue weighted by atomic mass is 16.1. The fourth-order valence-electron chi connectivity index (χ4n) is 5.89. The second-order valence-electron chi connectivity index (χ2n) is 9.98. The standard InChI is InChI=1S/C28H34N2O2/c1-17-13-15-21(29-19-9-5-3-6-10-19)25-23(17)27(31)24-18(2)14-16-22(26(24)28(25)32)30-20-11-7-4-8-12-20/h13-16,19-20,29-30H,3-12H2,1-2H3. The molecule has 2 N–H and O–H groups in total. The van der Waals surface area contributed by atoms with Gasteiger partial charge in [-0.05, 0) is 62.8 Å². The lowest BCUT2D eigenvalue weighted by Gasteiger charge is -2.30. The van der Waals surface area contributed by atoms with Crippen molar-refractivity contribution in [3.8, 4) is 0 Å². The summed E-state index contributed by atoms with van der Waals surface area (Å²) >= 11 is 0. The Morgan fingerprint density at radius 3 is 1.34 bits per heavy atom. The Bertz CT molecular complexity index is 978. The zero-order chi connectivity index (χ0) is 22.2. The molecule has 2 aromatic rings. The molecule has 2 saturated carbocycles. The molecule has 5 rings (SSSR count). The Morgan fingerprint density at radius 1 is 0.562 bits per heavy atom. The third kappa shape index (κ3) is 3.74. The highest BCUT2D eigenvalue weighted by Gasteiger charge is 2.36. The average Bonchev–Trinajstić information content (AvgIpc) is 2.81. The van der Waals surface area contributed by atoms with Gasteiger partial charge in [-0.15, -0.1) is 0 Å². The first kappa shape index (κ1) is 21.2. The maximum absolute atomic E-state index is 14.1. The van der Waals surface area contributed by atoms with Gasteiger partial charge in [0.05, 0.1) is 11.1 Å². The summed E-state index contributed by atoms with van der Waals surface area (Å²) in [7, 11) is 0. The third-order valence-corrected chi connectivity index (χ3v) is 7.67. The Kier molecular flexibility index (Phi) is 5.79. The fraction of sp³-hybridized carbons (Fsp3) is 0.500. The second kappa shape index (κ2) is 8.73. The summed E-state index contributed by atoms with van der Waals surface area (Å²) in [6, 6.07) is 8.72. The van der Waals surface area contributed by atoms with Crippen LogP contribution in [0.15, 0.2) is 24.3 Å². The quantitative estimate of drug-likeness (QED) is 0.491. The number of rotatable bonds is 4. The van der Waals surface area contributed by atoms with Crippen molar-refractivity contribution in [1.82, 2.24) is 0 Å². The molecule has 4 nitrogen and oxygen atoms in total. The number of aryl methyl sites for hydroxylation is 2. The summed E-state index contributed by atoms with van der Waals surface area (Å²) < 4.78 is 0. The molecule has 0 aliphatic heterocycles. The van der Waals surface area contributed by atoms with Crippen LogP contribution in [0.4, 0.5) is 11.4 Å². The number of carbonyl (C=O) groups excluding carboxylic acids is 2. The van der Waals surface area contributed by atoms with Crippen LogP contribution in [-0.4, -0.2) is 23.7 Å². The van der Waals surface area contributed by atoms with E-state index < -0.39 is 0 Å². The van der Waals surface area contributed by atoms with Crippen molar-refractivity contribution in [2.24, 2.45) is 0 Å². The lowest BCUT2D eigenvalue weighted by atomic mass is 9.78. The van der Waals surface area contributed by atoms with Crippen LogP contribution in [0.2, 0.25) is 0 Å². The Labute approximate surface area is 191 Å². The molecule has 32 heavy (non-hydrogen) atoms. The number of carbonyl (C=O) groups is 2. The molecule has 0 saturated heterocycles. The normalized spacial score (nSPS) is 19.4. The molecule has 0 amide bonds. The molecule has 0 atom stereocenters. The molecular formula is C28H34N2O2. The van der Waals surface area contributed by atoms with Gasteiger partial charge < -0.3 is 10.6 Å². The van der Waals surface area contributed by atoms with Gasteiger partial charge in [0.1, 0.15) is 0 Å². The van der Waals surface area contributed by atoms with Crippen molar-refractivity contribution in [1.29, 1.82) is 0 Å². The largest absolute Gasteiger partial charge is 0.382 e. The maximum Gasteiger partial charge on any atom is 0.198 e. The van der Waals surface area contributed by atoms with Crippen LogP contribution in [0, 0.1) is 13.8 Å². The summed E-state index contributed by atoms with van der Waals surface area (Å²) in [5.74, 6) is -0.0252. The van der Waals surface area contributed by atoms with Gasteiger partial charge in [-0.25, -0.2) is 0 Å². The Hall–Kier alpha value is -2.62. The van der Waals surface area contributed by atoms with E-state index in [0.717, 1.165) is 48.2 Å². The molecule has 0 aromatic heterocycles. The van der Waals surface area contributed by atoms with E-state index in [1.807, 2.05) is 38.1 Å². The van der Waals surface area contributed by atoms with E-state index in [9.17, 15) is 9.59 Å². The Morgan fingerprint density at radius 2 is 0.938 bits per heavy atom. The van der Waals surface area contributed by atoms with Gasteiger partial charge in [-0.1, -0.05) is 50.7 Å². The topological polar surface area (TPSA) is 58.2 Å². The molecule has 3 aliphatic carbocycles. The molecule has 168 valence electrons. The van der Waals surface area contributed by atoms with Crippen molar-refractivity contribution in [3.63, 3.8) is 0 Å². The highest BCUT2D eigenvalue weighted by Crippen LogP contribution is 2.39. The van der Waals surface area contributed by atoms with Crippen molar-refractivity contribution in [2.45, 2.75) is 90.1 Å². The number of hydrogen-bond acceptors (Lipinski definition) is 4. The molecule has 0 spiro atoms. The van der Waals surface area contributed by atoms with E-state index in [4.69, 9.17) is 0 Å². The average molecular weight is 431 g/mol. The summed E-state index contributed by atoms with van der Waals surface area (Å²) in [6.07, 6.45) is 11.9. The van der Waals surface area contributed by atoms with Crippen molar-refractivity contribution < 1.29 is 9.59 Å². The molecule has 0 unspecified atom stereocenters. The molecule has 0 heterocycles. The monoisotopic (exact) mass is 430 g/mol. The molecule has 0 bridgehead atoms. The van der Waals surface area contributed by atoms with Crippen LogP contribution in [0.3, 0.4) is 0 Å². The van der Waals surface area contributed by atoms with Crippen LogP contribution in [0.25, 0.3) is 0 Å². The highest BCUT2D eigenvalue weighted by molar-refractivity contribution is 6.32. The minimum Gasteiger partial charge on any atom is -0.382 e. The minimum atomic E-state index is -0.0152. The predicted octanol–water partition coefficient (Wildman–Crippen LogP) is 6.57. The van der Waals surface area contributed by atoms with E-state index in [1.165, 1.54) is 38.5 Å². The lowest BCUT2D eigenvalue weighted by Crippen LogP contribution is -2.30. The van der Waals surface area contributed by atoms with Gasteiger partial charge in [-0.3, -0.25) is 9.59 Å². The smallest absolute Gasteiger partial charge is 0.198 e. The fourth-order valence-corrected chi connectivity index (χ4v) is 5.89. The molecular weight excluding hydrogens is 396 g/mol. The molecule has 2 fully saturated rings. The van der Waals surface area contributed by atoms with E-state index in [2.05, 4.69) is 10.6 Å². The SMILES string of the molecule is Cc1ccc(NC2CCCCC2)c2c1C(=O)c1c(C)ccc(NC3CCCCC3)c1C2=O. The van der Waals surface area contributed by atoms with Crippen LogP contribution < -0.4 is 10.6 Å². The lowest BCUT2D eigenvalue weighted by molar-refractivity contribution is 0.0979. The Balaban J connectivity index is 1.58. The van der Waals surface area contributed by atoms with Crippen LogP contribution in [0.1, 0.15) is 107 Å². The van der Waals surface area contributed by atoms with Crippen LogP contribution in [0.5, 0.6) is 0 Å². The number of benzene rings is 2. The summed E-state index contributed by atoms with van der Waals surface area (Å²) in [5.41, 5.74) is 5.72. The van der Waals surface area contributed by atoms with Gasteiger partial charge in [0.25, 0.3) is 0 Å². The third-order valence-electron chi connectivity index (χ3n) is 7.67. The van der Waals surface area contributed by atoms with E-state index in [-0.39, 0.29) is 11.6 Å². The van der Waals surface area contributed by atoms with Crippen molar-refractivity contribution in [3.05, 3.63) is 57.6 Å². The molecule has 4 heteroatoms.